The number of hydrogen-bond acceptors (Lipinski definition) is 1. The molecular weight excluding hydrogens is 232 g/mol. The number of aliphatic hydroxyl groups excluding tert-OH is 1. The van der Waals surface area contributed by atoms with E-state index in [-0.39, 0.29) is 0 Å². The van der Waals surface area contributed by atoms with Gasteiger partial charge in [-0.1, -0.05) is 53.1 Å². The number of rotatable bonds is 2. The number of benzene rings is 2. The first-order valence-corrected chi connectivity index (χ1v) is 5.96. The van der Waals surface area contributed by atoms with Crippen LogP contribution in [0.15, 0.2) is 42.5 Å². The van der Waals surface area contributed by atoms with Crippen molar-refractivity contribution in [3.63, 3.8) is 0 Å². The van der Waals surface area contributed by atoms with Gasteiger partial charge in [-0.2, -0.15) is 0 Å². The zero-order chi connectivity index (χ0) is 12.4. The van der Waals surface area contributed by atoms with E-state index in [0.717, 1.165) is 22.3 Å². The quantitative estimate of drug-likeness (QED) is 0.848. The molecule has 0 aromatic heterocycles. The average Bonchev–Trinajstić information content (AvgIpc) is 2.26. The van der Waals surface area contributed by atoms with Gasteiger partial charge in [-0.05, 0) is 37.1 Å². The standard InChI is InChI=1S/C15H15ClO/c1-10-6-11(2)8-13(7-10)15(17)12-4-3-5-14(16)9-12/h3-9,15,17H,1-2H3. The molecule has 2 aromatic carbocycles. The van der Waals surface area contributed by atoms with Crippen LogP contribution >= 0.6 is 11.6 Å². The minimum Gasteiger partial charge on any atom is -0.384 e. The third-order valence-electron chi connectivity index (χ3n) is 2.72. The smallest absolute Gasteiger partial charge is 0.104 e. The van der Waals surface area contributed by atoms with Crippen LogP contribution < -0.4 is 0 Å². The molecule has 0 aliphatic rings. The Morgan fingerprint density at radius 1 is 0.941 bits per heavy atom. The number of hydrogen-bond donors (Lipinski definition) is 1. The van der Waals surface area contributed by atoms with E-state index in [4.69, 9.17) is 11.6 Å². The van der Waals surface area contributed by atoms with E-state index in [9.17, 15) is 5.11 Å². The summed E-state index contributed by atoms with van der Waals surface area (Å²) < 4.78 is 0. The molecule has 88 valence electrons. The molecule has 2 heteroatoms. The predicted molar refractivity (Wildman–Crippen MR) is 71.4 cm³/mol. The van der Waals surface area contributed by atoms with E-state index < -0.39 is 6.10 Å². The fourth-order valence-electron chi connectivity index (χ4n) is 2.04. The minimum atomic E-state index is -0.618. The van der Waals surface area contributed by atoms with Crippen LogP contribution in [-0.2, 0) is 0 Å². The lowest BCUT2D eigenvalue weighted by molar-refractivity contribution is 0.220. The fourth-order valence-corrected chi connectivity index (χ4v) is 2.24. The predicted octanol–water partition coefficient (Wildman–Crippen LogP) is 4.04. The largest absolute Gasteiger partial charge is 0.384 e. The molecule has 2 rings (SSSR count). The van der Waals surface area contributed by atoms with Crippen LogP contribution in [0.5, 0.6) is 0 Å². The Kier molecular flexibility index (Phi) is 3.51. The summed E-state index contributed by atoms with van der Waals surface area (Å²) in [7, 11) is 0. The van der Waals surface area contributed by atoms with Gasteiger partial charge >= 0.3 is 0 Å². The lowest BCUT2D eigenvalue weighted by Gasteiger charge is -2.13. The molecule has 0 bridgehead atoms. The average molecular weight is 247 g/mol. The Morgan fingerprint density at radius 3 is 2.18 bits per heavy atom. The lowest BCUT2D eigenvalue weighted by Crippen LogP contribution is -2.00. The first-order chi connectivity index (χ1) is 8.06. The van der Waals surface area contributed by atoms with Gasteiger partial charge in [-0.25, -0.2) is 0 Å². The monoisotopic (exact) mass is 246 g/mol. The maximum atomic E-state index is 10.3. The summed E-state index contributed by atoms with van der Waals surface area (Å²) in [5, 5.41) is 11.0. The maximum absolute atomic E-state index is 10.3. The van der Waals surface area contributed by atoms with Crippen molar-refractivity contribution in [3.05, 3.63) is 69.7 Å². The summed E-state index contributed by atoms with van der Waals surface area (Å²) in [6.07, 6.45) is -0.618. The molecule has 2 aromatic rings. The molecule has 0 aliphatic heterocycles. The van der Waals surface area contributed by atoms with Gasteiger partial charge in [0.05, 0.1) is 0 Å². The summed E-state index contributed by atoms with van der Waals surface area (Å²) in [6.45, 7) is 4.06. The van der Waals surface area contributed by atoms with Crippen LogP contribution in [0.3, 0.4) is 0 Å². The Morgan fingerprint density at radius 2 is 1.59 bits per heavy atom. The molecule has 0 radical (unpaired) electrons. The molecule has 0 spiro atoms. The third kappa shape index (κ3) is 2.87. The van der Waals surface area contributed by atoms with Crippen molar-refractivity contribution in [2.24, 2.45) is 0 Å². The molecule has 0 aliphatic carbocycles. The molecule has 0 saturated heterocycles. The molecule has 17 heavy (non-hydrogen) atoms. The molecule has 0 amide bonds. The van der Waals surface area contributed by atoms with Gasteiger partial charge in [0, 0.05) is 5.02 Å². The Balaban J connectivity index is 2.39. The van der Waals surface area contributed by atoms with Crippen molar-refractivity contribution in [2.75, 3.05) is 0 Å². The van der Waals surface area contributed by atoms with Gasteiger partial charge in [0.15, 0.2) is 0 Å². The molecule has 0 heterocycles. The van der Waals surface area contributed by atoms with Crippen LogP contribution in [0.25, 0.3) is 0 Å². The highest BCUT2D eigenvalue weighted by Crippen LogP contribution is 2.25. The van der Waals surface area contributed by atoms with E-state index in [0.29, 0.717) is 5.02 Å². The molecule has 0 fully saturated rings. The Labute approximate surface area is 107 Å². The summed E-state index contributed by atoms with van der Waals surface area (Å²) >= 11 is 5.93. The second kappa shape index (κ2) is 4.91. The van der Waals surface area contributed by atoms with Crippen LogP contribution in [0.1, 0.15) is 28.4 Å². The van der Waals surface area contributed by atoms with Gasteiger partial charge in [-0.3, -0.25) is 0 Å². The van der Waals surface area contributed by atoms with Crippen molar-refractivity contribution in [2.45, 2.75) is 20.0 Å². The Bertz CT molecular complexity index is 514. The van der Waals surface area contributed by atoms with Crippen LogP contribution in [-0.4, -0.2) is 5.11 Å². The van der Waals surface area contributed by atoms with Crippen molar-refractivity contribution in [3.8, 4) is 0 Å². The highest BCUT2D eigenvalue weighted by molar-refractivity contribution is 6.30. The molecule has 0 saturated carbocycles. The SMILES string of the molecule is Cc1cc(C)cc(C(O)c2cccc(Cl)c2)c1. The molecule has 1 unspecified atom stereocenters. The summed E-state index contributed by atoms with van der Waals surface area (Å²) in [5.41, 5.74) is 4.04. The summed E-state index contributed by atoms with van der Waals surface area (Å²) in [4.78, 5) is 0. The highest BCUT2D eigenvalue weighted by atomic mass is 35.5. The van der Waals surface area contributed by atoms with E-state index in [1.54, 1.807) is 12.1 Å². The first kappa shape index (κ1) is 12.2. The van der Waals surface area contributed by atoms with Gasteiger partial charge in [0.25, 0.3) is 0 Å². The number of aryl methyl sites for hydroxylation is 2. The second-order valence-corrected chi connectivity index (χ2v) is 4.82. The maximum Gasteiger partial charge on any atom is 0.104 e. The van der Waals surface area contributed by atoms with Crippen molar-refractivity contribution in [1.82, 2.24) is 0 Å². The van der Waals surface area contributed by atoms with Crippen LogP contribution in [0.4, 0.5) is 0 Å². The second-order valence-electron chi connectivity index (χ2n) is 4.38. The molecular formula is C15H15ClO. The third-order valence-corrected chi connectivity index (χ3v) is 2.96. The first-order valence-electron chi connectivity index (χ1n) is 5.58. The van der Waals surface area contributed by atoms with Crippen molar-refractivity contribution < 1.29 is 5.11 Å². The highest BCUT2D eigenvalue weighted by Gasteiger charge is 2.11. The van der Waals surface area contributed by atoms with E-state index in [2.05, 4.69) is 6.07 Å². The minimum absolute atomic E-state index is 0.618. The summed E-state index contributed by atoms with van der Waals surface area (Å²) in [5.74, 6) is 0. The molecule has 1 atom stereocenters. The molecule has 1 nitrogen and oxygen atoms in total. The Hall–Kier alpha value is -1.31. The fraction of sp³-hybridized carbons (Fsp3) is 0.200. The lowest BCUT2D eigenvalue weighted by atomic mass is 9.98. The zero-order valence-electron chi connectivity index (χ0n) is 9.94. The van der Waals surface area contributed by atoms with Gasteiger partial charge in [0.2, 0.25) is 0 Å². The van der Waals surface area contributed by atoms with E-state index in [1.807, 2.05) is 38.1 Å². The van der Waals surface area contributed by atoms with Gasteiger partial charge in [0.1, 0.15) is 6.10 Å². The van der Waals surface area contributed by atoms with E-state index in [1.165, 1.54) is 0 Å². The van der Waals surface area contributed by atoms with Crippen molar-refractivity contribution in [1.29, 1.82) is 0 Å². The zero-order valence-corrected chi connectivity index (χ0v) is 10.7. The van der Waals surface area contributed by atoms with Crippen molar-refractivity contribution >= 4 is 11.6 Å². The normalized spacial score (nSPS) is 12.5. The number of aliphatic hydroxyl groups is 1. The van der Waals surface area contributed by atoms with Gasteiger partial charge in [-0.15, -0.1) is 0 Å². The summed E-state index contributed by atoms with van der Waals surface area (Å²) in [6, 6.07) is 13.4. The van der Waals surface area contributed by atoms with E-state index >= 15 is 0 Å². The van der Waals surface area contributed by atoms with Gasteiger partial charge < -0.3 is 5.11 Å². The van der Waals surface area contributed by atoms with Crippen LogP contribution in [0, 0.1) is 13.8 Å². The molecule has 1 N–H and O–H groups in total. The topological polar surface area (TPSA) is 20.2 Å². The van der Waals surface area contributed by atoms with Crippen LogP contribution in [0.2, 0.25) is 5.02 Å². The number of halogens is 1.